The molecule has 280 valence electrons. The number of aromatic nitrogens is 2. The molecule has 2 saturated carbocycles. The molecule has 2 fully saturated rings. The number of nitrogens with zero attached hydrogens (tertiary/aromatic N) is 3. The molecule has 7 heteroatoms. The van der Waals surface area contributed by atoms with Gasteiger partial charge in [-0.3, -0.25) is 9.59 Å². The van der Waals surface area contributed by atoms with Crippen molar-refractivity contribution in [1.29, 1.82) is 0 Å². The first-order valence-electron chi connectivity index (χ1n) is 20.3. The normalized spacial score (nSPS) is 21.3. The van der Waals surface area contributed by atoms with Crippen LogP contribution in [-0.2, 0) is 11.3 Å². The number of hydrogen-bond donors (Lipinski definition) is 1. The highest BCUT2D eigenvalue weighted by atomic mass is 16.5. The van der Waals surface area contributed by atoms with Crippen LogP contribution in [0.2, 0.25) is 0 Å². The van der Waals surface area contributed by atoms with E-state index in [2.05, 4.69) is 44.3 Å². The molecule has 1 aliphatic heterocycles. The van der Waals surface area contributed by atoms with E-state index in [4.69, 9.17) is 14.7 Å². The molecule has 4 unspecified atom stereocenters. The summed E-state index contributed by atoms with van der Waals surface area (Å²) in [6.45, 7) is 7.13. The third kappa shape index (κ3) is 6.62. The first-order valence-corrected chi connectivity index (χ1v) is 20.3. The predicted molar refractivity (Wildman–Crippen MR) is 219 cm³/mol. The zero-order valence-electron chi connectivity index (χ0n) is 32.1. The summed E-state index contributed by atoms with van der Waals surface area (Å²) in [7, 11) is 0. The van der Waals surface area contributed by atoms with Gasteiger partial charge < -0.3 is 15.0 Å². The molecule has 2 aliphatic carbocycles. The van der Waals surface area contributed by atoms with E-state index in [1.54, 1.807) is 4.90 Å². The topological polar surface area (TPSA) is 84.4 Å². The Morgan fingerprint density at radius 3 is 2.25 bits per heavy atom. The standard InChI is InChI=1S/C48H50N4O3/c1-30-23-25-38-37(27-30)41-43-42(35-21-13-14-22-36(35)45(41)55-48(38,2)3)51-40-28-33(24-26-39(40)50-43)47(54)52(29-31-15-7-4-8-16-31)44(32-17-9-5-10-18-32)46(53)49-34-19-11-6-12-20-34/h4-5,7-10,13-18,21-22,24,26,28,30,34,37-38,44H,6,11-12,19-20,23,25,27,29H2,1-3H3,(H,49,53). The fourth-order valence-electron chi connectivity index (χ4n) is 9.89. The summed E-state index contributed by atoms with van der Waals surface area (Å²) >= 11 is 0. The van der Waals surface area contributed by atoms with E-state index in [-0.39, 0.29) is 30.0 Å². The Balaban J connectivity index is 1.17. The van der Waals surface area contributed by atoms with Gasteiger partial charge in [-0.1, -0.05) is 118 Å². The van der Waals surface area contributed by atoms with Gasteiger partial charge in [0.15, 0.2) is 0 Å². The maximum absolute atomic E-state index is 15.0. The lowest BCUT2D eigenvalue weighted by atomic mass is 9.64. The van der Waals surface area contributed by atoms with Gasteiger partial charge in [0.1, 0.15) is 17.4 Å². The van der Waals surface area contributed by atoms with Gasteiger partial charge in [-0.05, 0) is 80.7 Å². The number of carbonyl (C=O) groups excluding carboxylic acids is 2. The molecule has 1 aromatic heterocycles. The van der Waals surface area contributed by atoms with Crippen LogP contribution < -0.4 is 10.1 Å². The van der Waals surface area contributed by atoms with Crippen LogP contribution >= 0.6 is 0 Å². The fraction of sp³-hybridized carbons (Fsp3) is 0.375. The number of hydrogen-bond acceptors (Lipinski definition) is 5. The Bertz CT molecular complexity index is 2390. The second-order valence-electron chi connectivity index (χ2n) is 16.8. The summed E-state index contributed by atoms with van der Waals surface area (Å²) in [5.41, 5.74) is 6.21. The van der Waals surface area contributed by atoms with Crippen LogP contribution in [-0.4, -0.2) is 38.3 Å². The average Bonchev–Trinajstić information content (AvgIpc) is 3.20. The van der Waals surface area contributed by atoms with Crippen molar-refractivity contribution in [1.82, 2.24) is 20.2 Å². The van der Waals surface area contributed by atoms with Crippen molar-refractivity contribution in [2.75, 3.05) is 0 Å². The summed E-state index contributed by atoms with van der Waals surface area (Å²) in [6.07, 6.45) is 8.74. The third-order valence-electron chi connectivity index (χ3n) is 12.7. The van der Waals surface area contributed by atoms with E-state index in [1.165, 1.54) is 18.4 Å². The second-order valence-corrected chi connectivity index (χ2v) is 16.8. The Labute approximate surface area is 323 Å². The van der Waals surface area contributed by atoms with Gasteiger partial charge in [0.2, 0.25) is 5.91 Å². The van der Waals surface area contributed by atoms with Crippen LogP contribution in [0.15, 0.2) is 103 Å². The minimum atomic E-state index is -0.820. The van der Waals surface area contributed by atoms with Gasteiger partial charge in [-0.15, -0.1) is 0 Å². The highest BCUT2D eigenvalue weighted by molar-refractivity contribution is 6.11. The van der Waals surface area contributed by atoms with Crippen molar-refractivity contribution in [3.63, 3.8) is 0 Å². The van der Waals surface area contributed by atoms with Crippen LogP contribution in [0.1, 0.15) is 111 Å². The molecule has 3 aliphatic rings. The molecule has 7 nitrogen and oxygen atoms in total. The average molecular weight is 731 g/mol. The Morgan fingerprint density at radius 2 is 1.49 bits per heavy atom. The number of amides is 2. The molecule has 1 N–H and O–H groups in total. The molecule has 6 aromatic rings. The molecular formula is C48H50N4O3. The maximum atomic E-state index is 15.0. The highest BCUT2D eigenvalue weighted by Gasteiger charge is 2.47. The minimum absolute atomic E-state index is 0.106. The molecule has 2 amide bonds. The largest absolute Gasteiger partial charge is 0.487 e. The lowest BCUT2D eigenvalue weighted by Gasteiger charge is -2.49. The van der Waals surface area contributed by atoms with Crippen molar-refractivity contribution in [3.05, 3.63) is 125 Å². The number of rotatable bonds is 7. The smallest absolute Gasteiger partial charge is 0.255 e. The van der Waals surface area contributed by atoms with Gasteiger partial charge in [-0.2, -0.15) is 0 Å². The van der Waals surface area contributed by atoms with Crippen molar-refractivity contribution in [2.24, 2.45) is 11.8 Å². The van der Waals surface area contributed by atoms with E-state index >= 15 is 4.79 Å². The number of nitrogens with one attached hydrogen (secondary N) is 1. The van der Waals surface area contributed by atoms with Crippen LogP contribution in [0, 0.1) is 11.8 Å². The molecule has 55 heavy (non-hydrogen) atoms. The lowest BCUT2D eigenvalue weighted by Crippen LogP contribution is -2.47. The van der Waals surface area contributed by atoms with Gasteiger partial charge in [0.05, 0.1) is 22.1 Å². The van der Waals surface area contributed by atoms with E-state index < -0.39 is 6.04 Å². The Morgan fingerprint density at radius 1 is 0.800 bits per heavy atom. The molecule has 4 atom stereocenters. The van der Waals surface area contributed by atoms with Crippen LogP contribution in [0.4, 0.5) is 0 Å². The number of ether oxygens (including phenoxy) is 1. The maximum Gasteiger partial charge on any atom is 0.255 e. The van der Waals surface area contributed by atoms with Crippen molar-refractivity contribution >= 4 is 44.7 Å². The van der Waals surface area contributed by atoms with Crippen molar-refractivity contribution in [3.8, 4) is 5.75 Å². The minimum Gasteiger partial charge on any atom is -0.487 e. The zero-order chi connectivity index (χ0) is 37.7. The number of fused-ring (bicyclic) bond motifs is 9. The molecule has 0 radical (unpaired) electrons. The SMILES string of the molecule is CC1CCC2C(C1)c1c(c3ccccc3c3nc4cc(C(=O)N(Cc5ccccc5)C(C(=O)NC5CCCCC5)c5ccccc5)ccc4nc13)OC2(C)C. The molecule has 2 heterocycles. The van der Waals surface area contributed by atoms with Crippen LogP contribution in [0.3, 0.4) is 0 Å². The first-order chi connectivity index (χ1) is 26.7. The van der Waals surface area contributed by atoms with Crippen LogP contribution in [0.25, 0.3) is 32.8 Å². The quantitative estimate of drug-likeness (QED) is 0.131. The molecular weight excluding hydrogens is 681 g/mol. The molecule has 0 bridgehead atoms. The third-order valence-corrected chi connectivity index (χ3v) is 12.7. The summed E-state index contributed by atoms with van der Waals surface area (Å²) < 4.78 is 6.96. The monoisotopic (exact) mass is 730 g/mol. The lowest BCUT2D eigenvalue weighted by molar-refractivity contribution is -0.127. The Hall–Kier alpha value is -5.30. The summed E-state index contributed by atoms with van der Waals surface area (Å²) in [5, 5.41) is 5.39. The Kier molecular flexibility index (Phi) is 9.27. The first kappa shape index (κ1) is 35.4. The van der Waals surface area contributed by atoms with Crippen LogP contribution in [0.5, 0.6) is 5.75 Å². The summed E-state index contributed by atoms with van der Waals surface area (Å²) in [5.74, 6) is 1.90. The molecule has 0 saturated heterocycles. The zero-order valence-corrected chi connectivity index (χ0v) is 32.1. The van der Waals surface area contributed by atoms with Crippen molar-refractivity contribution in [2.45, 2.75) is 102 Å². The number of benzene rings is 5. The van der Waals surface area contributed by atoms with E-state index in [0.717, 1.165) is 82.7 Å². The number of carbonyl (C=O) groups is 2. The molecule has 5 aromatic carbocycles. The van der Waals surface area contributed by atoms with Crippen molar-refractivity contribution < 1.29 is 14.3 Å². The summed E-state index contributed by atoms with van der Waals surface area (Å²) in [6, 6.07) is 32.9. The van der Waals surface area contributed by atoms with Gasteiger partial charge in [0.25, 0.3) is 5.91 Å². The fourth-order valence-corrected chi connectivity index (χ4v) is 9.89. The van der Waals surface area contributed by atoms with Gasteiger partial charge in [0, 0.05) is 40.4 Å². The molecule has 9 rings (SSSR count). The van der Waals surface area contributed by atoms with Gasteiger partial charge in [-0.25, -0.2) is 9.97 Å². The predicted octanol–water partition coefficient (Wildman–Crippen LogP) is 10.5. The van der Waals surface area contributed by atoms with Gasteiger partial charge >= 0.3 is 0 Å². The highest BCUT2D eigenvalue weighted by Crippen LogP contribution is 2.56. The second kappa shape index (κ2) is 14.4. The molecule has 0 spiro atoms. The van der Waals surface area contributed by atoms with E-state index in [9.17, 15) is 4.79 Å². The summed E-state index contributed by atoms with van der Waals surface area (Å²) in [4.78, 5) is 41.8. The van der Waals surface area contributed by atoms with E-state index in [1.807, 2.05) is 84.9 Å². The van der Waals surface area contributed by atoms with E-state index in [0.29, 0.717) is 28.8 Å².